The SMILES string of the molecule is O=c1[nH]c(-c2ccc(S(=O)(=O)F)cc2)nc2sccc12. The third-order valence-electron chi connectivity index (χ3n) is 2.74. The van der Waals surface area contributed by atoms with Gasteiger partial charge in [-0.1, -0.05) is 0 Å². The highest BCUT2D eigenvalue weighted by atomic mass is 32.3. The number of H-pyrrole nitrogens is 1. The van der Waals surface area contributed by atoms with Crippen LogP contribution in [0.5, 0.6) is 0 Å². The van der Waals surface area contributed by atoms with Crippen LogP contribution in [0.15, 0.2) is 45.4 Å². The molecule has 0 aliphatic carbocycles. The zero-order valence-electron chi connectivity index (χ0n) is 9.83. The maximum absolute atomic E-state index is 12.8. The van der Waals surface area contributed by atoms with Crippen LogP contribution in [0.2, 0.25) is 0 Å². The molecule has 0 aliphatic heterocycles. The molecule has 0 fully saturated rings. The van der Waals surface area contributed by atoms with Gasteiger partial charge in [0.2, 0.25) is 0 Å². The van der Waals surface area contributed by atoms with E-state index in [9.17, 15) is 17.1 Å². The van der Waals surface area contributed by atoms with Crippen molar-refractivity contribution < 1.29 is 12.3 Å². The monoisotopic (exact) mass is 310 g/mol. The van der Waals surface area contributed by atoms with E-state index in [1.165, 1.54) is 23.5 Å². The molecule has 5 nitrogen and oxygen atoms in total. The molecule has 0 atom stereocenters. The number of thiophene rings is 1. The summed E-state index contributed by atoms with van der Waals surface area (Å²) in [6.45, 7) is 0. The standard InChI is InChI=1S/C12H7FN2O3S2/c13-20(17,18)8-3-1-7(2-4-8)10-14-11(16)9-5-6-19-12(9)15-10/h1-6H,(H,14,15,16). The van der Waals surface area contributed by atoms with Crippen molar-refractivity contribution in [3.63, 3.8) is 0 Å². The lowest BCUT2D eigenvalue weighted by Crippen LogP contribution is -2.07. The summed E-state index contributed by atoms with van der Waals surface area (Å²) < 4.78 is 34.3. The molecule has 0 aliphatic rings. The fourth-order valence-corrected chi connectivity index (χ4v) is 3.00. The Balaban J connectivity index is 2.13. The van der Waals surface area contributed by atoms with Gasteiger partial charge in [-0.15, -0.1) is 15.2 Å². The molecule has 0 unspecified atom stereocenters. The number of fused-ring (bicyclic) bond motifs is 1. The average molecular weight is 310 g/mol. The lowest BCUT2D eigenvalue weighted by Gasteiger charge is -2.01. The Labute approximate surface area is 116 Å². The van der Waals surface area contributed by atoms with E-state index >= 15 is 0 Å². The van der Waals surface area contributed by atoms with Crippen molar-refractivity contribution in [2.24, 2.45) is 0 Å². The Morgan fingerprint density at radius 1 is 1.15 bits per heavy atom. The summed E-state index contributed by atoms with van der Waals surface area (Å²) in [5.74, 6) is 0.313. The molecule has 102 valence electrons. The number of halogens is 1. The normalized spacial score (nSPS) is 11.8. The molecule has 0 bridgehead atoms. The van der Waals surface area contributed by atoms with E-state index in [-0.39, 0.29) is 5.56 Å². The maximum Gasteiger partial charge on any atom is 0.332 e. The minimum absolute atomic E-state index is 0.270. The van der Waals surface area contributed by atoms with Crippen LogP contribution in [-0.4, -0.2) is 18.4 Å². The Bertz CT molecular complexity index is 943. The number of nitrogens with one attached hydrogen (secondary N) is 1. The minimum Gasteiger partial charge on any atom is -0.306 e. The topological polar surface area (TPSA) is 79.9 Å². The highest BCUT2D eigenvalue weighted by Gasteiger charge is 2.12. The van der Waals surface area contributed by atoms with Crippen molar-refractivity contribution in [2.75, 3.05) is 0 Å². The molecule has 1 aromatic carbocycles. The van der Waals surface area contributed by atoms with Crippen molar-refractivity contribution in [1.82, 2.24) is 9.97 Å². The summed E-state index contributed by atoms with van der Waals surface area (Å²) in [5.41, 5.74) is 0.234. The maximum atomic E-state index is 12.8. The zero-order chi connectivity index (χ0) is 14.3. The van der Waals surface area contributed by atoms with Crippen LogP contribution in [0.4, 0.5) is 3.89 Å². The Morgan fingerprint density at radius 3 is 2.50 bits per heavy atom. The first-order valence-corrected chi connectivity index (χ1v) is 7.74. The van der Waals surface area contributed by atoms with Gasteiger partial charge in [-0.3, -0.25) is 4.79 Å². The molecule has 0 spiro atoms. The fourth-order valence-electron chi connectivity index (χ4n) is 1.78. The Kier molecular flexibility index (Phi) is 2.91. The quantitative estimate of drug-likeness (QED) is 0.737. The number of aromatic amines is 1. The third kappa shape index (κ3) is 2.23. The molecule has 3 rings (SSSR count). The molecule has 8 heteroatoms. The van der Waals surface area contributed by atoms with Gasteiger partial charge in [0.15, 0.2) is 0 Å². The van der Waals surface area contributed by atoms with Crippen LogP contribution in [0.25, 0.3) is 21.6 Å². The molecular weight excluding hydrogens is 303 g/mol. The van der Waals surface area contributed by atoms with Gasteiger partial charge in [0, 0.05) is 5.56 Å². The second-order valence-electron chi connectivity index (χ2n) is 4.02. The molecule has 0 saturated heterocycles. The number of nitrogens with zero attached hydrogens (tertiary/aromatic N) is 1. The first-order chi connectivity index (χ1) is 9.45. The van der Waals surface area contributed by atoms with E-state index in [0.717, 1.165) is 12.1 Å². The molecule has 3 aromatic rings. The van der Waals surface area contributed by atoms with Crippen molar-refractivity contribution in [3.05, 3.63) is 46.1 Å². The molecule has 2 heterocycles. The van der Waals surface area contributed by atoms with Gasteiger partial charge in [0.25, 0.3) is 5.56 Å². The number of rotatable bonds is 2. The summed E-state index contributed by atoms with van der Waals surface area (Å²) in [6, 6.07) is 6.72. The predicted molar refractivity (Wildman–Crippen MR) is 74.0 cm³/mol. The third-order valence-corrected chi connectivity index (χ3v) is 4.39. The van der Waals surface area contributed by atoms with E-state index in [4.69, 9.17) is 0 Å². The minimum atomic E-state index is -4.73. The second-order valence-corrected chi connectivity index (χ2v) is 6.26. The molecule has 2 aromatic heterocycles. The van der Waals surface area contributed by atoms with Crippen LogP contribution in [0.3, 0.4) is 0 Å². The van der Waals surface area contributed by atoms with Gasteiger partial charge in [0.05, 0.1) is 10.3 Å². The lowest BCUT2D eigenvalue weighted by molar-refractivity contribution is 0.552. The van der Waals surface area contributed by atoms with Crippen molar-refractivity contribution in [1.29, 1.82) is 0 Å². The van der Waals surface area contributed by atoms with E-state index in [2.05, 4.69) is 9.97 Å². The smallest absolute Gasteiger partial charge is 0.306 e. The van der Waals surface area contributed by atoms with Gasteiger partial charge < -0.3 is 4.98 Å². The highest BCUT2D eigenvalue weighted by molar-refractivity contribution is 7.86. The molecule has 1 N–H and O–H groups in total. The fraction of sp³-hybridized carbons (Fsp3) is 0. The highest BCUT2D eigenvalue weighted by Crippen LogP contribution is 2.21. The van der Waals surface area contributed by atoms with Crippen LogP contribution < -0.4 is 5.56 Å². The summed E-state index contributed by atoms with van der Waals surface area (Å²) in [7, 11) is -4.73. The average Bonchev–Trinajstić information content (AvgIpc) is 2.86. The number of aromatic nitrogens is 2. The van der Waals surface area contributed by atoms with E-state index in [1.807, 2.05) is 0 Å². The molecular formula is C12H7FN2O3S2. The summed E-state index contributed by atoms with van der Waals surface area (Å²) >= 11 is 1.33. The number of benzene rings is 1. The molecule has 0 radical (unpaired) electrons. The zero-order valence-corrected chi connectivity index (χ0v) is 11.5. The van der Waals surface area contributed by atoms with Gasteiger partial charge >= 0.3 is 10.2 Å². The summed E-state index contributed by atoms with van der Waals surface area (Å²) in [5, 5.41) is 2.26. The van der Waals surface area contributed by atoms with E-state index < -0.39 is 15.1 Å². The van der Waals surface area contributed by atoms with Gasteiger partial charge in [-0.25, -0.2) is 4.98 Å². The Morgan fingerprint density at radius 2 is 1.85 bits per heavy atom. The first kappa shape index (κ1) is 12.9. The largest absolute Gasteiger partial charge is 0.332 e. The lowest BCUT2D eigenvalue weighted by atomic mass is 10.2. The van der Waals surface area contributed by atoms with Gasteiger partial charge in [-0.05, 0) is 35.7 Å². The molecule has 0 amide bonds. The number of hydrogen-bond acceptors (Lipinski definition) is 5. The van der Waals surface area contributed by atoms with Crippen LogP contribution in [0, 0.1) is 0 Å². The van der Waals surface area contributed by atoms with E-state index in [1.54, 1.807) is 11.4 Å². The summed E-state index contributed by atoms with van der Waals surface area (Å²) in [6.07, 6.45) is 0. The van der Waals surface area contributed by atoms with Gasteiger partial charge in [0.1, 0.15) is 10.7 Å². The van der Waals surface area contributed by atoms with E-state index in [0.29, 0.717) is 21.6 Å². The van der Waals surface area contributed by atoms with Crippen LogP contribution >= 0.6 is 11.3 Å². The Hall–Kier alpha value is -2.06. The van der Waals surface area contributed by atoms with Crippen molar-refractivity contribution in [3.8, 4) is 11.4 Å². The van der Waals surface area contributed by atoms with Crippen LogP contribution in [-0.2, 0) is 10.2 Å². The molecule has 0 saturated carbocycles. The second kappa shape index (κ2) is 4.50. The number of hydrogen-bond donors (Lipinski definition) is 1. The van der Waals surface area contributed by atoms with Crippen LogP contribution in [0.1, 0.15) is 0 Å². The predicted octanol–water partition coefficient (Wildman–Crippen LogP) is 2.31. The van der Waals surface area contributed by atoms with Crippen molar-refractivity contribution in [2.45, 2.75) is 4.90 Å². The van der Waals surface area contributed by atoms with Crippen molar-refractivity contribution >= 4 is 31.8 Å². The van der Waals surface area contributed by atoms with Gasteiger partial charge in [-0.2, -0.15) is 8.42 Å². The molecule has 20 heavy (non-hydrogen) atoms. The summed E-state index contributed by atoms with van der Waals surface area (Å²) in [4.78, 5) is 18.9. The first-order valence-electron chi connectivity index (χ1n) is 5.48.